The third-order valence-corrected chi connectivity index (χ3v) is 2.99. The molecule has 22 heavy (non-hydrogen) atoms. The summed E-state index contributed by atoms with van der Waals surface area (Å²) < 4.78 is 5.33. The minimum atomic E-state index is -1.85. The third kappa shape index (κ3) is 3.38. The van der Waals surface area contributed by atoms with Crippen molar-refractivity contribution in [3.8, 4) is 0 Å². The zero-order valence-electron chi connectivity index (χ0n) is 12.0. The van der Waals surface area contributed by atoms with Gasteiger partial charge in [-0.25, -0.2) is 4.79 Å². The summed E-state index contributed by atoms with van der Waals surface area (Å²) in [6.45, 7) is 1.25. The standard InChI is InChI=1S/C17H15NO4/c1-13(20)18-17(12-19,15-10-6-3-7-11-15)22-16(21)14-8-4-2-5-9-14/h2-12H,1H3,(H,18,20). The van der Waals surface area contributed by atoms with E-state index in [0.717, 1.165) is 0 Å². The molecule has 0 radical (unpaired) electrons. The number of amides is 1. The van der Waals surface area contributed by atoms with Crippen LogP contribution >= 0.6 is 0 Å². The summed E-state index contributed by atoms with van der Waals surface area (Å²) in [4.78, 5) is 35.3. The van der Waals surface area contributed by atoms with Crippen molar-refractivity contribution in [1.29, 1.82) is 0 Å². The molecule has 1 atom stereocenters. The van der Waals surface area contributed by atoms with E-state index in [1.54, 1.807) is 60.7 Å². The van der Waals surface area contributed by atoms with Crippen LogP contribution in [0.2, 0.25) is 0 Å². The van der Waals surface area contributed by atoms with E-state index in [1.807, 2.05) is 0 Å². The molecule has 0 aliphatic heterocycles. The van der Waals surface area contributed by atoms with Gasteiger partial charge in [-0.2, -0.15) is 0 Å². The second-order valence-corrected chi connectivity index (χ2v) is 4.66. The van der Waals surface area contributed by atoms with Gasteiger partial charge in [-0.05, 0) is 12.1 Å². The van der Waals surface area contributed by atoms with Crippen LogP contribution in [0.1, 0.15) is 22.8 Å². The second kappa shape index (κ2) is 6.67. The maximum Gasteiger partial charge on any atom is 0.340 e. The third-order valence-electron chi connectivity index (χ3n) is 2.99. The van der Waals surface area contributed by atoms with Crippen LogP contribution in [0.5, 0.6) is 0 Å². The van der Waals surface area contributed by atoms with Crippen molar-refractivity contribution in [1.82, 2.24) is 5.32 Å². The van der Waals surface area contributed by atoms with Crippen molar-refractivity contribution < 1.29 is 19.1 Å². The van der Waals surface area contributed by atoms with Crippen molar-refractivity contribution in [2.24, 2.45) is 0 Å². The van der Waals surface area contributed by atoms with Gasteiger partial charge in [0.25, 0.3) is 5.72 Å². The smallest absolute Gasteiger partial charge is 0.340 e. The lowest BCUT2D eigenvalue weighted by Crippen LogP contribution is -2.49. The van der Waals surface area contributed by atoms with Crippen molar-refractivity contribution in [3.05, 3.63) is 71.8 Å². The van der Waals surface area contributed by atoms with Crippen LogP contribution in [0.4, 0.5) is 0 Å². The van der Waals surface area contributed by atoms with Crippen molar-refractivity contribution in [2.75, 3.05) is 0 Å². The Morgan fingerprint density at radius 3 is 2.05 bits per heavy atom. The number of rotatable bonds is 5. The molecule has 2 rings (SSSR count). The summed E-state index contributed by atoms with van der Waals surface area (Å²) in [6.07, 6.45) is 0.407. The molecule has 0 aliphatic carbocycles. The summed E-state index contributed by atoms with van der Waals surface area (Å²) >= 11 is 0. The Bertz CT molecular complexity index is 670. The lowest BCUT2D eigenvalue weighted by molar-refractivity contribution is -0.139. The zero-order valence-corrected chi connectivity index (χ0v) is 12.0. The Kier molecular flexibility index (Phi) is 4.68. The number of aldehydes is 1. The molecule has 0 bridgehead atoms. The van der Waals surface area contributed by atoms with Crippen LogP contribution in [-0.4, -0.2) is 18.2 Å². The van der Waals surface area contributed by atoms with Gasteiger partial charge in [-0.1, -0.05) is 48.5 Å². The number of hydrogen-bond donors (Lipinski definition) is 1. The molecule has 2 aromatic carbocycles. The molecule has 5 nitrogen and oxygen atoms in total. The summed E-state index contributed by atoms with van der Waals surface area (Å²) in [6, 6.07) is 16.6. The Balaban J connectivity index is 2.38. The van der Waals surface area contributed by atoms with Crippen LogP contribution < -0.4 is 5.32 Å². The van der Waals surface area contributed by atoms with E-state index in [4.69, 9.17) is 4.74 Å². The van der Waals surface area contributed by atoms with E-state index in [-0.39, 0.29) is 5.56 Å². The lowest BCUT2D eigenvalue weighted by atomic mass is 10.0. The fourth-order valence-corrected chi connectivity index (χ4v) is 2.00. The topological polar surface area (TPSA) is 72.5 Å². The van der Waals surface area contributed by atoms with Gasteiger partial charge in [-0.15, -0.1) is 0 Å². The SMILES string of the molecule is CC(=O)NC(C=O)(OC(=O)c1ccccc1)c1ccccc1. The molecule has 1 amide bonds. The van der Waals surface area contributed by atoms with E-state index < -0.39 is 17.6 Å². The van der Waals surface area contributed by atoms with Gasteiger partial charge in [0.05, 0.1) is 5.56 Å². The van der Waals surface area contributed by atoms with Gasteiger partial charge in [0.2, 0.25) is 5.91 Å². The normalized spacial score (nSPS) is 12.8. The summed E-state index contributed by atoms with van der Waals surface area (Å²) in [5.41, 5.74) is -1.19. The maximum atomic E-state index is 12.2. The molecule has 5 heteroatoms. The summed E-state index contributed by atoms with van der Waals surface area (Å²) in [5, 5.41) is 2.41. The molecule has 0 saturated carbocycles. The largest absolute Gasteiger partial charge is 0.424 e. The molecule has 0 aromatic heterocycles. The fourth-order valence-electron chi connectivity index (χ4n) is 2.00. The van der Waals surface area contributed by atoms with Gasteiger partial charge in [0.15, 0.2) is 6.29 Å². The van der Waals surface area contributed by atoms with Gasteiger partial charge in [0, 0.05) is 12.5 Å². The first kappa shape index (κ1) is 15.4. The van der Waals surface area contributed by atoms with Gasteiger partial charge in [0.1, 0.15) is 0 Å². The lowest BCUT2D eigenvalue weighted by Gasteiger charge is -2.28. The fraction of sp³-hybridized carbons (Fsp3) is 0.118. The molecule has 2 aromatic rings. The molecule has 0 fully saturated rings. The van der Waals surface area contributed by atoms with Crippen LogP contribution in [0.15, 0.2) is 60.7 Å². The Hall–Kier alpha value is -2.95. The average molecular weight is 297 g/mol. The molecular weight excluding hydrogens is 282 g/mol. The van der Waals surface area contributed by atoms with Gasteiger partial charge >= 0.3 is 5.97 Å². The zero-order chi connectivity index (χ0) is 16.0. The highest BCUT2D eigenvalue weighted by Crippen LogP contribution is 2.22. The van der Waals surface area contributed by atoms with E-state index >= 15 is 0 Å². The first-order valence-electron chi connectivity index (χ1n) is 6.66. The van der Waals surface area contributed by atoms with Crippen LogP contribution in [-0.2, 0) is 20.1 Å². The second-order valence-electron chi connectivity index (χ2n) is 4.66. The molecule has 0 aliphatic rings. The van der Waals surface area contributed by atoms with Crippen LogP contribution in [0, 0.1) is 0 Å². The minimum absolute atomic E-state index is 0.287. The minimum Gasteiger partial charge on any atom is -0.424 e. The number of nitrogens with one attached hydrogen (secondary N) is 1. The molecule has 0 spiro atoms. The highest BCUT2D eigenvalue weighted by molar-refractivity contribution is 5.92. The molecule has 1 N–H and O–H groups in total. The van der Waals surface area contributed by atoms with E-state index in [2.05, 4.69) is 5.32 Å². The van der Waals surface area contributed by atoms with Crippen LogP contribution in [0.3, 0.4) is 0 Å². The molecular formula is C17H15NO4. The number of carbonyl (C=O) groups is 3. The van der Waals surface area contributed by atoms with E-state index in [1.165, 1.54) is 6.92 Å². The number of ether oxygens (including phenoxy) is 1. The Morgan fingerprint density at radius 1 is 1.00 bits per heavy atom. The number of esters is 1. The highest BCUT2D eigenvalue weighted by Gasteiger charge is 2.37. The van der Waals surface area contributed by atoms with Gasteiger partial charge < -0.3 is 10.1 Å². The number of carbonyl (C=O) groups excluding carboxylic acids is 3. The number of benzene rings is 2. The van der Waals surface area contributed by atoms with Crippen molar-refractivity contribution >= 4 is 18.2 Å². The Morgan fingerprint density at radius 2 is 1.55 bits per heavy atom. The maximum absolute atomic E-state index is 12.2. The summed E-state index contributed by atoms with van der Waals surface area (Å²) in [5.74, 6) is -1.19. The first-order valence-corrected chi connectivity index (χ1v) is 6.66. The monoisotopic (exact) mass is 297 g/mol. The predicted molar refractivity (Wildman–Crippen MR) is 79.9 cm³/mol. The van der Waals surface area contributed by atoms with Crippen LogP contribution in [0.25, 0.3) is 0 Å². The van der Waals surface area contributed by atoms with Crippen molar-refractivity contribution in [3.63, 3.8) is 0 Å². The Labute approximate surface area is 127 Å². The predicted octanol–water partition coefficient (Wildman–Crippen LogP) is 2.03. The molecule has 112 valence electrons. The highest BCUT2D eigenvalue weighted by atomic mass is 16.6. The average Bonchev–Trinajstić information content (AvgIpc) is 2.55. The number of hydrogen-bond acceptors (Lipinski definition) is 4. The summed E-state index contributed by atoms with van der Waals surface area (Å²) in [7, 11) is 0. The molecule has 1 unspecified atom stereocenters. The quantitative estimate of drug-likeness (QED) is 0.521. The van der Waals surface area contributed by atoms with Crippen molar-refractivity contribution in [2.45, 2.75) is 12.6 Å². The molecule has 0 saturated heterocycles. The first-order chi connectivity index (χ1) is 10.6. The molecule has 0 heterocycles. The van der Waals surface area contributed by atoms with Gasteiger partial charge in [-0.3, -0.25) is 9.59 Å². The van der Waals surface area contributed by atoms with E-state index in [9.17, 15) is 14.4 Å². The van der Waals surface area contributed by atoms with E-state index in [0.29, 0.717) is 11.8 Å².